The lowest BCUT2D eigenvalue weighted by Crippen LogP contribution is -1.99. The van der Waals surface area contributed by atoms with E-state index in [2.05, 4.69) is 47.3 Å². The molecule has 3 nitrogen and oxygen atoms in total. The maximum absolute atomic E-state index is 4.36. The van der Waals surface area contributed by atoms with E-state index < -0.39 is 0 Å². The van der Waals surface area contributed by atoms with Crippen LogP contribution in [0, 0.1) is 13.8 Å². The second kappa shape index (κ2) is 5.88. The van der Waals surface area contributed by atoms with Crippen LogP contribution >= 0.6 is 12.4 Å². The Morgan fingerprint density at radius 2 is 1.55 bits per heavy atom. The average Bonchev–Trinajstić information content (AvgIpc) is 2.43. The monoisotopic (exact) mass is 285 g/mol. The molecule has 3 aromatic rings. The molecule has 0 aliphatic rings. The van der Waals surface area contributed by atoms with E-state index in [4.69, 9.17) is 0 Å². The largest absolute Gasteiger partial charge is 0.339 e. The van der Waals surface area contributed by atoms with Crippen LogP contribution in [0.3, 0.4) is 0 Å². The molecule has 1 aromatic heterocycles. The first-order chi connectivity index (χ1) is 9.25. The van der Waals surface area contributed by atoms with Gasteiger partial charge in [-0.15, -0.1) is 12.4 Å². The van der Waals surface area contributed by atoms with Crippen LogP contribution in [0.25, 0.3) is 10.9 Å². The van der Waals surface area contributed by atoms with Crippen LogP contribution < -0.4 is 5.32 Å². The van der Waals surface area contributed by atoms with Gasteiger partial charge >= 0.3 is 0 Å². The number of aryl methyl sites for hydroxylation is 2. The molecular weight excluding hydrogens is 270 g/mol. The Labute approximate surface area is 124 Å². The summed E-state index contributed by atoms with van der Waals surface area (Å²) in [5.74, 6) is 0.850. The van der Waals surface area contributed by atoms with Crippen molar-refractivity contribution < 1.29 is 0 Å². The molecule has 0 amide bonds. The quantitative estimate of drug-likeness (QED) is 0.758. The third-order valence-electron chi connectivity index (χ3n) is 3.27. The SMILES string of the molecule is Cc1cccc(C)c1Nc1ncnc2ccccc12.Cl. The van der Waals surface area contributed by atoms with Crippen LogP contribution in [0.4, 0.5) is 11.5 Å². The molecule has 0 fully saturated rings. The number of rotatable bonds is 2. The van der Waals surface area contributed by atoms with E-state index >= 15 is 0 Å². The van der Waals surface area contributed by atoms with Crippen molar-refractivity contribution in [3.05, 3.63) is 59.9 Å². The maximum atomic E-state index is 4.36. The zero-order valence-corrected chi connectivity index (χ0v) is 12.2. The number of anilines is 2. The third kappa shape index (κ3) is 2.58. The van der Waals surface area contributed by atoms with Crippen molar-refractivity contribution >= 4 is 34.8 Å². The second-order valence-corrected chi connectivity index (χ2v) is 4.63. The first-order valence-corrected chi connectivity index (χ1v) is 6.28. The van der Waals surface area contributed by atoms with Crippen LogP contribution in [0.1, 0.15) is 11.1 Å². The van der Waals surface area contributed by atoms with Crippen LogP contribution in [-0.4, -0.2) is 9.97 Å². The van der Waals surface area contributed by atoms with Crippen molar-refractivity contribution in [3.63, 3.8) is 0 Å². The lowest BCUT2D eigenvalue weighted by atomic mass is 10.1. The van der Waals surface area contributed by atoms with Crippen LogP contribution in [0.5, 0.6) is 0 Å². The number of hydrogen-bond donors (Lipinski definition) is 1. The fourth-order valence-corrected chi connectivity index (χ4v) is 2.23. The highest BCUT2D eigenvalue weighted by atomic mass is 35.5. The van der Waals surface area contributed by atoms with Gasteiger partial charge in [-0.3, -0.25) is 0 Å². The summed E-state index contributed by atoms with van der Waals surface area (Å²) in [4.78, 5) is 8.64. The van der Waals surface area contributed by atoms with Gasteiger partial charge in [0.25, 0.3) is 0 Å². The number of fused-ring (bicyclic) bond motifs is 1. The second-order valence-electron chi connectivity index (χ2n) is 4.63. The van der Waals surface area contributed by atoms with Crippen LogP contribution in [0.15, 0.2) is 48.8 Å². The van der Waals surface area contributed by atoms with Crippen molar-refractivity contribution in [1.29, 1.82) is 0 Å². The van der Waals surface area contributed by atoms with Gasteiger partial charge in [0.2, 0.25) is 0 Å². The Morgan fingerprint density at radius 3 is 2.30 bits per heavy atom. The predicted molar refractivity (Wildman–Crippen MR) is 86.0 cm³/mol. The number of hydrogen-bond acceptors (Lipinski definition) is 3. The predicted octanol–water partition coefficient (Wildman–Crippen LogP) is 4.41. The summed E-state index contributed by atoms with van der Waals surface area (Å²) < 4.78 is 0. The number of halogens is 1. The molecule has 102 valence electrons. The Hall–Kier alpha value is -2.13. The zero-order chi connectivity index (χ0) is 13.2. The summed E-state index contributed by atoms with van der Waals surface area (Å²) in [5.41, 5.74) is 4.49. The van der Waals surface area contributed by atoms with E-state index in [-0.39, 0.29) is 12.4 Å². The molecule has 0 aliphatic carbocycles. The van der Waals surface area contributed by atoms with Gasteiger partial charge in [0.1, 0.15) is 12.1 Å². The molecule has 0 saturated heterocycles. The normalized spacial score (nSPS) is 10.1. The number of benzene rings is 2. The molecule has 2 aromatic carbocycles. The number of para-hydroxylation sites is 2. The summed E-state index contributed by atoms with van der Waals surface area (Å²) >= 11 is 0. The number of nitrogens with one attached hydrogen (secondary N) is 1. The van der Waals surface area contributed by atoms with Gasteiger partial charge in [0, 0.05) is 11.1 Å². The summed E-state index contributed by atoms with van der Waals surface area (Å²) in [7, 11) is 0. The van der Waals surface area contributed by atoms with Crippen molar-refractivity contribution in [2.75, 3.05) is 5.32 Å². The molecule has 0 aliphatic heterocycles. The van der Waals surface area contributed by atoms with E-state index in [0.717, 1.165) is 22.4 Å². The molecular formula is C16H16ClN3. The van der Waals surface area contributed by atoms with Crippen molar-refractivity contribution in [2.45, 2.75) is 13.8 Å². The molecule has 3 rings (SSSR count). The third-order valence-corrected chi connectivity index (χ3v) is 3.27. The van der Waals surface area contributed by atoms with Gasteiger partial charge in [-0.25, -0.2) is 9.97 Å². The molecule has 1 heterocycles. The highest BCUT2D eigenvalue weighted by molar-refractivity contribution is 5.90. The molecule has 1 N–H and O–H groups in total. The Balaban J connectivity index is 0.00000147. The maximum Gasteiger partial charge on any atom is 0.141 e. The topological polar surface area (TPSA) is 37.8 Å². The molecule has 0 radical (unpaired) electrons. The van der Waals surface area contributed by atoms with Crippen LogP contribution in [0.2, 0.25) is 0 Å². The van der Waals surface area contributed by atoms with Gasteiger partial charge in [-0.05, 0) is 37.1 Å². The van der Waals surface area contributed by atoms with Gasteiger partial charge < -0.3 is 5.32 Å². The van der Waals surface area contributed by atoms with E-state index in [1.165, 1.54) is 11.1 Å². The lowest BCUT2D eigenvalue weighted by molar-refractivity contribution is 1.21. The highest BCUT2D eigenvalue weighted by Crippen LogP contribution is 2.26. The molecule has 0 bridgehead atoms. The van der Waals surface area contributed by atoms with Crippen molar-refractivity contribution in [2.24, 2.45) is 0 Å². The molecule has 0 saturated carbocycles. The van der Waals surface area contributed by atoms with E-state index in [1.807, 2.05) is 24.3 Å². The van der Waals surface area contributed by atoms with Gasteiger partial charge in [-0.2, -0.15) is 0 Å². The van der Waals surface area contributed by atoms with Gasteiger partial charge in [-0.1, -0.05) is 30.3 Å². The fourth-order valence-electron chi connectivity index (χ4n) is 2.23. The number of nitrogens with zero attached hydrogens (tertiary/aromatic N) is 2. The zero-order valence-electron chi connectivity index (χ0n) is 11.4. The van der Waals surface area contributed by atoms with E-state index in [9.17, 15) is 0 Å². The smallest absolute Gasteiger partial charge is 0.141 e. The van der Waals surface area contributed by atoms with Crippen LogP contribution in [-0.2, 0) is 0 Å². The highest BCUT2D eigenvalue weighted by Gasteiger charge is 2.06. The van der Waals surface area contributed by atoms with E-state index in [0.29, 0.717) is 0 Å². The summed E-state index contributed by atoms with van der Waals surface area (Å²) in [6.45, 7) is 4.19. The molecule has 0 unspecified atom stereocenters. The minimum Gasteiger partial charge on any atom is -0.339 e. The van der Waals surface area contributed by atoms with Crippen molar-refractivity contribution in [3.8, 4) is 0 Å². The Morgan fingerprint density at radius 1 is 0.850 bits per heavy atom. The lowest BCUT2D eigenvalue weighted by Gasteiger charge is -2.13. The molecule has 0 spiro atoms. The van der Waals surface area contributed by atoms with E-state index in [1.54, 1.807) is 6.33 Å². The Kier molecular flexibility index (Phi) is 4.20. The molecule has 4 heteroatoms. The van der Waals surface area contributed by atoms with Gasteiger partial charge in [0.05, 0.1) is 5.52 Å². The minimum absolute atomic E-state index is 0. The molecule has 0 atom stereocenters. The minimum atomic E-state index is 0. The fraction of sp³-hybridized carbons (Fsp3) is 0.125. The standard InChI is InChI=1S/C16H15N3.ClH/c1-11-6-5-7-12(2)15(11)19-16-13-8-3-4-9-14(13)17-10-18-16;/h3-10H,1-2H3,(H,17,18,19);1H. The number of aromatic nitrogens is 2. The molecule has 20 heavy (non-hydrogen) atoms. The van der Waals surface area contributed by atoms with Crippen molar-refractivity contribution in [1.82, 2.24) is 9.97 Å². The van der Waals surface area contributed by atoms with Gasteiger partial charge in [0.15, 0.2) is 0 Å². The average molecular weight is 286 g/mol. The first-order valence-electron chi connectivity index (χ1n) is 6.28. The Bertz CT molecular complexity index is 715. The summed E-state index contributed by atoms with van der Waals surface area (Å²) in [6.07, 6.45) is 1.60. The summed E-state index contributed by atoms with van der Waals surface area (Å²) in [5, 5.41) is 4.47. The first kappa shape index (κ1) is 14.3. The summed E-state index contributed by atoms with van der Waals surface area (Å²) in [6, 6.07) is 14.3.